The van der Waals surface area contributed by atoms with Crippen molar-refractivity contribution in [3.05, 3.63) is 42.2 Å². The van der Waals surface area contributed by atoms with Crippen molar-refractivity contribution in [3.8, 4) is 17.1 Å². The Morgan fingerprint density at radius 2 is 2.04 bits per heavy atom. The number of primary sulfonamides is 1. The van der Waals surface area contributed by atoms with Crippen LogP contribution in [0.1, 0.15) is 28.7 Å². The number of hydrogen-bond acceptors (Lipinski definition) is 7. The number of phenolic OH excluding ortho intramolecular Hbond substituents is 1. The van der Waals surface area contributed by atoms with Crippen molar-refractivity contribution in [2.75, 3.05) is 5.32 Å². The Balaban J connectivity index is 0.00000140. The van der Waals surface area contributed by atoms with E-state index >= 15 is 0 Å². The topological polar surface area (TPSA) is 147 Å². The van der Waals surface area contributed by atoms with Crippen LogP contribution in [0.3, 0.4) is 0 Å². The molecule has 3 aromatic rings. The van der Waals surface area contributed by atoms with E-state index in [-0.39, 0.29) is 15.0 Å². The highest BCUT2D eigenvalue weighted by molar-refractivity contribution is 7.89. The second kappa shape index (κ2) is 6.07. The van der Waals surface area contributed by atoms with Crippen molar-refractivity contribution >= 4 is 21.7 Å². The molecule has 0 atom stereocenters. The van der Waals surface area contributed by atoms with Gasteiger partial charge in [-0.15, -0.1) is 0 Å². The molecule has 0 aliphatic heterocycles. The Hall–Kier alpha value is -2.98. The maximum absolute atomic E-state index is 11.6. The first-order valence-electron chi connectivity index (χ1n) is 7.92. The maximum atomic E-state index is 11.6. The van der Waals surface area contributed by atoms with Gasteiger partial charge in [0.05, 0.1) is 0 Å². The summed E-state index contributed by atoms with van der Waals surface area (Å²) in [6.07, 6.45) is 3.89. The zero-order valence-corrected chi connectivity index (χ0v) is 14.4. The zero-order chi connectivity index (χ0) is 18.3. The lowest BCUT2D eigenvalue weighted by Gasteiger charge is -2.07. The van der Waals surface area contributed by atoms with Gasteiger partial charge < -0.3 is 10.4 Å². The number of sulfonamides is 1. The molecule has 0 bridgehead atoms. The lowest BCUT2D eigenvalue weighted by Crippen LogP contribution is -2.12. The fraction of sp³-hybridized carbons (Fsp3) is 0.188. The van der Waals surface area contributed by atoms with E-state index in [9.17, 15) is 13.5 Å². The second-order valence-corrected chi connectivity index (χ2v) is 7.63. The first-order valence-corrected chi connectivity index (χ1v) is 9.46. The molecule has 10 heteroatoms. The third-order valence-corrected chi connectivity index (χ3v) is 4.99. The molecule has 1 aromatic carbocycles. The van der Waals surface area contributed by atoms with Gasteiger partial charge in [-0.3, -0.25) is 5.10 Å². The third-order valence-electron chi connectivity index (χ3n) is 4.05. The summed E-state index contributed by atoms with van der Waals surface area (Å²) in [6, 6.07) is 7.62. The molecule has 1 saturated carbocycles. The van der Waals surface area contributed by atoms with E-state index in [2.05, 4.69) is 25.5 Å². The van der Waals surface area contributed by atoms with Crippen LogP contribution in [0.4, 0.5) is 11.6 Å². The number of nitrogens with one attached hydrogen (secondary N) is 2. The number of aromatic hydroxyl groups is 1. The smallest absolute Gasteiger partial charge is 0.241 e. The number of aromatic amines is 1. The van der Waals surface area contributed by atoms with Crippen molar-refractivity contribution in [2.24, 2.45) is 5.14 Å². The van der Waals surface area contributed by atoms with Crippen LogP contribution in [0, 0.1) is 0 Å². The molecule has 26 heavy (non-hydrogen) atoms. The summed E-state index contributed by atoms with van der Waals surface area (Å²) in [5, 5.41) is 25.1. The SMILES string of the molecule is NS(=O)(=O)c1cc(-c2nccc(Nc3cc(C4CC4)[nH]n3)n2)ccc1O.[HH].[HH].[HH]. The van der Waals surface area contributed by atoms with Gasteiger partial charge in [-0.1, -0.05) is 0 Å². The summed E-state index contributed by atoms with van der Waals surface area (Å²) in [6.45, 7) is 0. The van der Waals surface area contributed by atoms with E-state index in [4.69, 9.17) is 5.14 Å². The summed E-state index contributed by atoms with van der Waals surface area (Å²) in [4.78, 5) is 8.14. The Morgan fingerprint density at radius 3 is 2.77 bits per heavy atom. The first kappa shape index (κ1) is 16.5. The number of benzene rings is 1. The van der Waals surface area contributed by atoms with E-state index in [1.807, 2.05) is 6.07 Å². The molecule has 0 saturated heterocycles. The first-order chi connectivity index (χ1) is 12.4. The molecule has 2 aromatic heterocycles. The van der Waals surface area contributed by atoms with Crippen molar-refractivity contribution in [3.63, 3.8) is 0 Å². The van der Waals surface area contributed by atoms with Gasteiger partial charge in [0.15, 0.2) is 11.6 Å². The molecule has 140 valence electrons. The summed E-state index contributed by atoms with van der Waals surface area (Å²) in [7, 11) is -4.06. The summed E-state index contributed by atoms with van der Waals surface area (Å²) < 4.78 is 23.1. The molecule has 0 spiro atoms. The monoisotopic (exact) mass is 378 g/mol. The molecule has 1 fully saturated rings. The van der Waals surface area contributed by atoms with Gasteiger partial charge in [0, 0.05) is 33.7 Å². The predicted molar refractivity (Wildman–Crippen MR) is 101 cm³/mol. The van der Waals surface area contributed by atoms with Crippen LogP contribution in [0.15, 0.2) is 41.4 Å². The normalized spacial score (nSPS) is 14.3. The maximum Gasteiger partial charge on any atom is 0.241 e. The Morgan fingerprint density at radius 1 is 1.23 bits per heavy atom. The molecule has 4 rings (SSSR count). The number of H-pyrrole nitrogens is 1. The summed E-state index contributed by atoms with van der Waals surface area (Å²) in [5.74, 6) is 1.58. The lowest BCUT2D eigenvalue weighted by atomic mass is 10.2. The molecular weight excluding hydrogens is 356 g/mol. The van der Waals surface area contributed by atoms with Crippen molar-refractivity contribution in [1.29, 1.82) is 0 Å². The molecule has 0 amide bonds. The van der Waals surface area contributed by atoms with Gasteiger partial charge in [0.1, 0.15) is 16.5 Å². The molecule has 1 aliphatic rings. The van der Waals surface area contributed by atoms with Crippen LogP contribution in [-0.2, 0) is 10.0 Å². The van der Waals surface area contributed by atoms with Crippen LogP contribution in [0.5, 0.6) is 5.75 Å². The molecule has 1 aliphatic carbocycles. The third kappa shape index (κ3) is 3.37. The summed E-state index contributed by atoms with van der Waals surface area (Å²) in [5.41, 5.74) is 1.51. The fourth-order valence-corrected chi connectivity index (χ4v) is 3.23. The van der Waals surface area contributed by atoms with Crippen LogP contribution in [0.2, 0.25) is 0 Å². The minimum atomic E-state index is -4.06. The van der Waals surface area contributed by atoms with Crippen molar-refractivity contribution < 1.29 is 17.8 Å². The number of anilines is 2. The van der Waals surface area contributed by atoms with Crippen molar-refractivity contribution in [2.45, 2.75) is 23.7 Å². The lowest BCUT2D eigenvalue weighted by molar-refractivity contribution is 0.459. The van der Waals surface area contributed by atoms with Crippen LogP contribution < -0.4 is 10.5 Å². The largest absolute Gasteiger partial charge is 0.507 e. The average molecular weight is 378 g/mol. The molecule has 9 nitrogen and oxygen atoms in total. The average Bonchev–Trinajstić information content (AvgIpc) is 3.34. The standard InChI is InChI=1S/C16H16N6O3S.3H2/c17-26(24,25)13-7-10(3-4-12(13)23)16-18-6-5-14(20-16)19-15-8-11(21-22-15)9-1-2-9;;;/h3-9,23H,1-2H2,(H2,17,24,25)(H2,18,19,20,21,22);3*1H. The molecule has 0 radical (unpaired) electrons. The number of nitrogens with zero attached hydrogens (tertiary/aromatic N) is 3. The number of aromatic nitrogens is 4. The van der Waals surface area contributed by atoms with Gasteiger partial charge in [-0.05, 0) is 37.1 Å². The number of nitrogens with two attached hydrogens (primary N) is 1. The van der Waals surface area contributed by atoms with E-state index in [0.29, 0.717) is 23.1 Å². The van der Waals surface area contributed by atoms with Gasteiger partial charge in [-0.25, -0.2) is 23.5 Å². The van der Waals surface area contributed by atoms with E-state index in [1.54, 1.807) is 12.3 Å². The van der Waals surface area contributed by atoms with Crippen LogP contribution in [0.25, 0.3) is 11.4 Å². The van der Waals surface area contributed by atoms with Crippen molar-refractivity contribution in [1.82, 2.24) is 20.2 Å². The quantitative estimate of drug-likeness (QED) is 0.533. The minimum Gasteiger partial charge on any atom is -0.507 e. The number of phenols is 1. The highest BCUT2D eigenvalue weighted by Gasteiger charge is 2.25. The second-order valence-electron chi connectivity index (χ2n) is 6.10. The van der Waals surface area contributed by atoms with Crippen LogP contribution in [-0.4, -0.2) is 33.7 Å². The van der Waals surface area contributed by atoms with Gasteiger partial charge in [-0.2, -0.15) is 5.10 Å². The van der Waals surface area contributed by atoms with E-state index in [0.717, 1.165) is 5.69 Å². The Kier molecular flexibility index (Phi) is 3.85. The van der Waals surface area contributed by atoms with Gasteiger partial charge >= 0.3 is 0 Å². The molecular formula is C16H22N6O3S. The summed E-state index contributed by atoms with van der Waals surface area (Å²) >= 11 is 0. The Bertz CT molecular complexity index is 1090. The fourth-order valence-electron chi connectivity index (χ4n) is 2.58. The number of rotatable bonds is 5. The van der Waals surface area contributed by atoms with Crippen LogP contribution >= 0.6 is 0 Å². The highest BCUT2D eigenvalue weighted by Crippen LogP contribution is 2.39. The van der Waals surface area contributed by atoms with Gasteiger partial charge in [0.2, 0.25) is 10.0 Å². The highest BCUT2D eigenvalue weighted by atomic mass is 32.2. The molecule has 0 unspecified atom stereocenters. The predicted octanol–water partition coefficient (Wildman–Crippen LogP) is 2.58. The molecule has 2 heterocycles. The number of hydrogen-bond donors (Lipinski definition) is 4. The van der Waals surface area contributed by atoms with Gasteiger partial charge in [0.25, 0.3) is 0 Å². The van der Waals surface area contributed by atoms with E-state index < -0.39 is 15.8 Å². The van der Waals surface area contributed by atoms with E-state index in [1.165, 1.54) is 31.0 Å². The zero-order valence-electron chi connectivity index (χ0n) is 13.5. The Labute approximate surface area is 153 Å². The minimum absolute atomic E-state index is 0. The molecule has 5 N–H and O–H groups in total.